The summed E-state index contributed by atoms with van der Waals surface area (Å²) >= 11 is 3.19. The summed E-state index contributed by atoms with van der Waals surface area (Å²) in [6, 6.07) is 4.73. The molecule has 0 aromatic heterocycles. The molecule has 1 atom stereocenters. The van der Waals surface area contributed by atoms with Gasteiger partial charge in [-0.05, 0) is 48.3 Å². The Bertz CT molecular complexity index is 643. The van der Waals surface area contributed by atoms with Crippen molar-refractivity contribution in [3.63, 3.8) is 0 Å². The van der Waals surface area contributed by atoms with E-state index < -0.39 is 11.7 Å². The lowest BCUT2D eigenvalue weighted by atomic mass is 10.0. The zero-order chi connectivity index (χ0) is 17.9. The Balaban J connectivity index is 2.27. The number of benzene rings is 1. The van der Waals surface area contributed by atoms with Gasteiger partial charge in [-0.2, -0.15) is 0 Å². The lowest BCUT2D eigenvalue weighted by molar-refractivity contribution is 0.0245. The second kappa shape index (κ2) is 7.51. The average Bonchev–Trinajstić information content (AvgIpc) is 2.86. The maximum atomic E-state index is 14.3. The summed E-state index contributed by atoms with van der Waals surface area (Å²) in [6.45, 7) is 5.91. The fourth-order valence-corrected chi connectivity index (χ4v) is 3.05. The van der Waals surface area contributed by atoms with Gasteiger partial charge in [0.15, 0.2) is 0 Å². The third kappa shape index (κ3) is 4.47. The molecule has 0 bridgehead atoms. The van der Waals surface area contributed by atoms with Gasteiger partial charge in [-0.1, -0.05) is 17.3 Å². The van der Waals surface area contributed by atoms with Crippen molar-refractivity contribution in [2.24, 2.45) is 5.16 Å². The Hall–Kier alpha value is -1.63. The number of carbonyl (C=O) groups is 1. The van der Waals surface area contributed by atoms with Crippen LogP contribution in [0.2, 0.25) is 0 Å². The predicted octanol–water partition coefficient (Wildman–Crippen LogP) is 4.14. The molecule has 0 radical (unpaired) electrons. The van der Waals surface area contributed by atoms with Crippen molar-refractivity contribution in [1.29, 1.82) is 0 Å². The van der Waals surface area contributed by atoms with Crippen molar-refractivity contribution in [2.75, 3.05) is 13.7 Å². The van der Waals surface area contributed by atoms with Crippen molar-refractivity contribution in [3.8, 4) is 0 Å². The standard InChI is InChI=1S/C17H22BrFN2O3/c1-17(2,3)24-16(22)21-9-8-13(20-23-4)14(21)10-11-6-5-7-12(18)15(11)19/h5-7,14H,8-10H2,1-4H3. The smallest absolute Gasteiger partial charge is 0.410 e. The number of likely N-dealkylation sites (tertiary alicyclic amines) is 1. The van der Waals surface area contributed by atoms with E-state index in [0.29, 0.717) is 35.1 Å². The number of halogens is 2. The quantitative estimate of drug-likeness (QED) is 0.716. The van der Waals surface area contributed by atoms with Gasteiger partial charge in [0.05, 0.1) is 16.2 Å². The summed E-state index contributed by atoms with van der Waals surface area (Å²) < 4.78 is 20.2. The van der Waals surface area contributed by atoms with Crippen LogP contribution in [-0.4, -0.2) is 42.0 Å². The van der Waals surface area contributed by atoms with Crippen LogP contribution in [-0.2, 0) is 16.0 Å². The molecule has 1 aromatic carbocycles. The minimum Gasteiger partial charge on any atom is -0.444 e. The molecule has 1 unspecified atom stereocenters. The second-order valence-electron chi connectivity index (χ2n) is 6.62. The Kier molecular flexibility index (Phi) is 5.85. The van der Waals surface area contributed by atoms with Crippen molar-refractivity contribution in [3.05, 3.63) is 34.1 Å². The summed E-state index contributed by atoms with van der Waals surface area (Å²) in [7, 11) is 1.46. The number of nitrogens with zero attached hydrogens (tertiary/aromatic N) is 2. The highest BCUT2D eigenvalue weighted by Gasteiger charge is 2.37. The SMILES string of the molecule is CON=C1CCN(C(=O)OC(C)(C)C)C1Cc1cccc(Br)c1F. The third-order valence-corrected chi connectivity index (χ3v) is 4.26. The van der Waals surface area contributed by atoms with Crippen LogP contribution in [0.4, 0.5) is 9.18 Å². The van der Waals surface area contributed by atoms with Crippen LogP contribution in [0.15, 0.2) is 27.8 Å². The van der Waals surface area contributed by atoms with E-state index in [4.69, 9.17) is 9.57 Å². The maximum absolute atomic E-state index is 14.3. The Morgan fingerprint density at radius 3 is 2.79 bits per heavy atom. The van der Waals surface area contributed by atoms with E-state index >= 15 is 0 Å². The highest BCUT2D eigenvalue weighted by Crippen LogP contribution is 2.26. The van der Waals surface area contributed by atoms with Gasteiger partial charge in [0.1, 0.15) is 18.5 Å². The molecule has 1 fully saturated rings. The molecule has 2 rings (SSSR count). The molecule has 132 valence electrons. The van der Waals surface area contributed by atoms with Crippen LogP contribution < -0.4 is 0 Å². The molecular weight excluding hydrogens is 379 g/mol. The summed E-state index contributed by atoms with van der Waals surface area (Å²) in [5.74, 6) is -0.328. The summed E-state index contributed by atoms with van der Waals surface area (Å²) in [5.41, 5.74) is 0.625. The molecule has 1 aliphatic rings. The zero-order valence-electron chi connectivity index (χ0n) is 14.3. The molecule has 5 nitrogen and oxygen atoms in total. The molecule has 1 aromatic rings. The number of rotatable bonds is 3. The average molecular weight is 401 g/mol. The summed E-state index contributed by atoms with van der Waals surface area (Å²) in [5, 5.41) is 4.02. The van der Waals surface area contributed by atoms with E-state index in [1.165, 1.54) is 7.11 Å². The van der Waals surface area contributed by atoms with Gasteiger partial charge < -0.3 is 9.57 Å². The van der Waals surface area contributed by atoms with Gasteiger partial charge in [0.25, 0.3) is 0 Å². The highest BCUT2D eigenvalue weighted by molar-refractivity contribution is 9.10. The minimum atomic E-state index is -0.593. The van der Waals surface area contributed by atoms with Crippen molar-refractivity contribution >= 4 is 27.7 Å². The van der Waals surface area contributed by atoms with Crippen molar-refractivity contribution in [1.82, 2.24) is 4.90 Å². The number of ether oxygens (including phenoxy) is 1. The van der Waals surface area contributed by atoms with Crippen LogP contribution in [0.1, 0.15) is 32.8 Å². The molecular formula is C17H22BrFN2O3. The number of amides is 1. The van der Waals surface area contributed by atoms with E-state index in [2.05, 4.69) is 21.1 Å². The molecule has 0 N–H and O–H groups in total. The van der Waals surface area contributed by atoms with Gasteiger partial charge >= 0.3 is 6.09 Å². The van der Waals surface area contributed by atoms with Crippen LogP contribution in [0, 0.1) is 5.82 Å². The van der Waals surface area contributed by atoms with E-state index in [1.54, 1.807) is 23.1 Å². The fraction of sp³-hybridized carbons (Fsp3) is 0.529. The number of oxime groups is 1. The summed E-state index contributed by atoms with van der Waals surface area (Å²) in [4.78, 5) is 18.9. The van der Waals surface area contributed by atoms with Crippen LogP contribution in [0.5, 0.6) is 0 Å². The molecule has 24 heavy (non-hydrogen) atoms. The van der Waals surface area contributed by atoms with Gasteiger partial charge in [-0.25, -0.2) is 9.18 Å². The van der Waals surface area contributed by atoms with E-state index in [1.807, 2.05) is 20.8 Å². The minimum absolute atomic E-state index is 0.312. The molecule has 1 heterocycles. The topological polar surface area (TPSA) is 51.1 Å². The Morgan fingerprint density at radius 2 is 2.17 bits per heavy atom. The molecule has 0 saturated carbocycles. The highest BCUT2D eigenvalue weighted by atomic mass is 79.9. The number of hydrogen-bond acceptors (Lipinski definition) is 4. The largest absolute Gasteiger partial charge is 0.444 e. The van der Waals surface area contributed by atoms with Crippen LogP contribution >= 0.6 is 15.9 Å². The monoisotopic (exact) mass is 400 g/mol. The molecule has 7 heteroatoms. The Morgan fingerprint density at radius 1 is 1.46 bits per heavy atom. The number of hydrogen-bond donors (Lipinski definition) is 0. The lowest BCUT2D eigenvalue weighted by Gasteiger charge is -2.28. The van der Waals surface area contributed by atoms with Gasteiger partial charge in [0, 0.05) is 19.4 Å². The second-order valence-corrected chi connectivity index (χ2v) is 7.48. The lowest BCUT2D eigenvalue weighted by Crippen LogP contribution is -2.42. The summed E-state index contributed by atoms with van der Waals surface area (Å²) in [6.07, 6.45) is 0.462. The van der Waals surface area contributed by atoms with Gasteiger partial charge in [-0.3, -0.25) is 4.90 Å². The first kappa shape index (κ1) is 18.7. The predicted molar refractivity (Wildman–Crippen MR) is 93.6 cm³/mol. The first-order valence-corrected chi connectivity index (χ1v) is 8.54. The van der Waals surface area contributed by atoms with Crippen molar-refractivity contribution in [2.45, 2.75) is 45.3 Å². The fourth-order valence-electron chi connectivity index (χ4n) is 2.64. The molecule has 1 amide bonds. The van der Waals surface area contributed by atoms with Gasteiger partial charge in [0.2, 0.25) is 0 Å². The van der Waals surface area contributed by atoms with Gasteiger partial charge in [-0.15, -0.1) is 0 Å². The molecule has 0 spiro atoms. The van der Waals surface area contributed by atoms with Crippen LogP contribution in [0.25, 0.3) is 0 Å². The molecule has 1 saturated heterocycles. The molecule has 0 aliphatic carbocycles. The maximum Gasteiger partial charge on any atom is 0.410 e. The third-order valence-electron chi connectivity index (χ3n) is 3.65. The first-order valence-electron chi connectivity index (χ1n) is 7.75. The zero-order valence-corrected chi connectivity index (χ0v) is 15.9. The van der Waals surface area contributed by atoms with E-state index in [-0.39, 0.29) is 11.9 Å². The van der Waals surface area contributed by atoms with E-state index in [0.717, 1.165) is 0 Å². The molecule has 1 aliphatic heterocycles. The van der Waals surface area contributed by atoms with E-state index in [9.17, 15) is 9.18 Å². The van der Waals surface area contributed by atoms with Crippen LogP contribution in [0.3, 0.4) is 0 Å². The Labute approximate surface area is 149 Å². The number of carbonyl (C=O) groups excluding carboxylic acids is 1. The van der Waals surface area contributed by atoms with Crippen molar-refractivity contribution < 1.29 is 18.8 Å². The first-order chi connectivity index (χ1) is 11.2. The normalized spacial score (nSPS) is 19.7.